The molecule has 0 spiro atoms. The fourth-order valence-electron chi connectivity index (χ4n) is 2.43. The second kappa shape index (κ2) is 6.37. The van der Waals surface area contributed by atoms with Crippen LogP contribution in [0.15, 0.2) is 76.4 Å². The SMILES string of the molecule is O=C(CSc1nc2ccccc2o1)Oc1ccc2ccccc2c1. The number of hydrogen-bond donors (Lipinski definition) is 0. The third-order valence-electron chi connectivity index (χ3n) is 3.54. The van der Waals surface area contributed by atoms with E-state index >= 15 is 0 Å². The van der Waals surface area contributed by atoms with Crippen LogP contribution < -0.4 is 4.74 Å². The van der Waals surface area contributed by atoms with Gasteiger partial charge in [-0.05, 0) is 35.0 Å². The molecule has 0 atom stereocenters. The monoisotopic (exact) mass is 335 g/mol. The second-order valence-electron chi connectivity index (χ2n) is 5.22. The lowest BCUT2D eigenvalue weighted by molar-refractivity contribution is -0.131. The van der Waals surface area contributed by atoms with Gasteiger partial charge in [0.05, 0.1) is 0 Å². The van der Waals surface area contributed by atoms with Gasteiger partial charge in [-0.15, -0.1) is 0 Å². The fraction of sp³-hybridized carbons (Fsp3) is 0.0526. The van der Waals surface area contributed by atoms with Gasteiger partial charge in [0.1, 0.15) is 17.0 Å². The summed E-state index contributed by atoms with van der Waals surface area (Å²) in [4.78, 5) is 16.3. The van der Waals surface area contributed by atoms with Crippen molar-refractivity contribution < 1.29 is 13.9 Å². The molecule has 0 radical (unpaired) electrons. The molecule has 24 heavy (non-hydrogen) atoms. The van der Waals surface area contributed by atoms with E-state index in [0.717, 1.165) is 16.3 Å². The molecule has 0 N–H and O–H groups in total. The number of fused-ring (bicyclic) bond motifs is 2. The lowest BCUT2D eigenvalue weighted by Gasteiger charge is -2.04. The average molecular weight is 335 g/mol. The quantitative estimate of drug-likeness (QED) is 0.308. The van der Waals surface area contributed by atoms with E-state index in [1.165, 1.54) is 11.8 Å². The Bertz CT molecular complexity index is 992. The maximum atomic E-state index is 12.0. The van der Waals surface area contributed by atoms with E-state index < -0.39 is 0 Å². The summed E-state index contributed by atoms with van der Waals surface area (Å²) in [6.45, 7) is 0. The molecule has 1 heterocycles. The highest BCUT2D eigenvalue weighted by Gasteiger charge is 2.11. The number of benzene rings is 3. The van der Waals surface area contributed by atoms with E-state index in [-0.39, 0.29) is 11.7 Å². The van der Waals surface area contributed by atoms with Crippen LogP contribution in [0.4, 0.5) is 0 Å². The summed E-state index contributed by atoms with van der Waals surface area (Å²) in [5.41, 5.74) is 1.49. The van der Waals surface area contributed by atoms with Gasteiger partial charge in [0.15, 0.2) is 5.58 Å². The summed E-state index contributed by atoms with van der Waals surface area (Å²) in [5, 5.41) is 2.61. The number of ether oxygens (including phenoxy) is 1. The summed E-state index contributed by atoms with van der Waals surface area (Å²) in [6, 6.07) is 21.0. The molecule has 0 aliphatic rings. The van der Waals surface area contributed by atoms with E-state index in [1.54, 1.807) is 6.07 Å². The van der Waals surface area contributed by atoms with E-state index in [1.807, 2.05) is 60.7 Å². The maximum absolute atomic E-state index is 12.0. The lowest BCUT2D eigenvalue weighted by Crippen LogP contribution is -2.10. The number of carbonyl (C=O) groups is 1. The molecule has 1 aromatic heterocycles. The zero-order valence-corrected chi connectivity index (χ0v) is 13.5. The molecular weight excluding hydrogens is 322 g/mol. The Morgan fingerprint density at radius 3 is 2.67 bits per heavy atom. The van der Waals surface area contributed by atoms with Crippen molar-refractivity contribution >= 4 is 39.6 Å². The smallest absolute Gasteiger partial charge is 0.321 e. The minimum atomic E-state index is -0.336. The number of aromatic nitrogens is 1. The largest absolute Gasteiger partial charge is 0.431 e. The number of oxazole rings is 1. The second-order valence-corrected chi connectivity index (χ2v) is 6.15. The zero-order valence-electron chi connectivity index (χ0n) is 12.6. The van der Waals surface area contributed by atoms with Crippen LogP contribution in [0.1, 0.15) is 0 Å². The highest BCUT2D eigenvalue weighted by molar-refractivity contribution is 7.99. The van der Waals surface area contributed by atoms with Crippen molar-refractivity contribution in [3.63, 3.8) is 0 Å². The highest BCUT2D eigenvalue weighted by atomic mass is 32.2. The Morgan fingerprint density at radius 2 is 1.79 bits per heavy atom. The van der Waals surface area contributed by atoms with Crippen molar-refractivity contribution in [2.75, 3.05) is 5.75 Å². The van der Waals surface area contributed by atoms with Gasteiger partial charge >= 0.3 is 5.97 Å². The third-order valence-corrected chi connectivity index (χ3v) is 4.34. The number of hydrogen-bond acceptors (Lipinski definition) is 5. The van der Waals surface area contributed by atoms with Gasteiger partial charge in [0.25, 0.3) is 5.22 Å². The Kier molecular flexibility index (Phi) is 3.92. The van der Waals surface area contributed by atoms with Crippen molar-refractivity contribution in [3.8, 4) is 5.75 Å². The predicted molar refractivity (Wildman–Crippen MR) is 94.3 cm³/mol. The van der Waals surface area contributed by atoms with E-state index in [2.05, 4.69) is 4.98 Å². The van der Waals surface area contributed by atoms with Crippen molar-refractivity contribution in [3.05, 3.63) is 66.7 Å². The molecular formula is C19H13NO3S. The Balaban J connectivity index is 1.42. The molecule has 5 heteroatoms. The normalized spacial score (nSPS) is 11.0. The van der Waals surface area contributed by atoms with E-state index in [9.17, 15) is 4.79 Å². The van der Waals surface area contributed by atoms with Crippen molar-refractivity contribution in [1.29, 1.82) is 0 Å². The molecule has 4 nitrogen and oxygen atoms in total. The van der Waals surface area contributed by atoms with Crippen LogP contribution in [0.2, 0.25) is 0 Å². The molecule has 0 saturated carbocycles. The summed E-state index contributed by atoms with van der Waals surface area (Å²) >= 11 is 1.22. The van der Waals surface area contributed by atoms with Gasteiger partial charge in [0, 0.05) is 0 Å². The van der Waals surface area contributed by atoms with Crippen LogP contribution in [0.3, 0.4) is 0 Å². The molecule has 3 aromatic carbocycles. The number of thioether (sulfide) groups is 1. The average Bonchev–Trinajstić information content (AvgIpc) is 3.03. The van der Waals surface area contributed by atoms with Gasteiger partial charge < -0.3 is 9.15 Å². The summed E-state index contributed by atoms with van der Waals surface area (Å²) in [7, 11) is 0. The number of para-hydroxylation sites is 2. The summed E-state index contributed by atoms with van der Waals surface area (Å²) in [5.74, 6) is 0.342. The van der Waals surface area contributed by atoms with E-state index in [4.69, 9.17) is 9.15 Å². The Morgan fingerprint density at radius 1 is 1.00 bits per heavy atom. The minimum absolute atomic E-state index is 0.139. The third kappa shape index (κ3) is 3.12. The number of rotatable bonds is 4. The van der Waals surface area contributed by atoms with Crippen molar-refractivity contribution in [2.45, 2.75) is 5.22 Å². The van der Waals surface area contributed by atoms with Crippen LogP contribution >= 0.6 is 11.8 Å². The number of nitrogens with zero attached hydrogens (tertiary/aromatic N) is 1. The summed E-state index contributed by atoms with van der Waals surface area (Å²) in [6.07, 6.45) is 0. The molecule has 0 saturated heterocycles. The molecule has 118 valence electrons. The molecule has 4 rings (SSSR count). The fourth-order valence-corrected chi connectivity index (χ4v) is 3.04. The summed E-state index contributed by atoms with van der Waals surface area (Å²) < 4.78 is 11.0. The van der Waals surface area contributed by atoms with Crippen LogP contribution in [0.5, 0.6) is 5.75 Å². The number of esters is 1. The van der Waals surface area contributed by atoms with Crippen molar-refractivity contribution in [2.24, 2.45) is 0 Å². The van der Waals surface area contributed by atoms with Gasteiger partial charge in [-0.25, -0.2) is 4.98 Å². The van der Waals surface area contributed by atoms with E-state index in [0.29, 0.717) is 16.6 Å². The Hall–Kier alpha value is -2.79. The van der Waals surface area contributed by atoms with Crippen LogP contribution in [-0.4, -0.2) is 16.7 Å². The predicted octanol–water partition coefficient (Wildman–Crippen LogP) is 4.68. The molecule has 0 bridgehead atoms. The first-order valence-corrected chi connectivity index (χ1v) is 8.44. The first kappa shape index (κ1) is 14.8. The standard InChI is InChI=1S/C19H13NO3S/c21-18(12-24-19-20-16-7-3-4-8-17(16)23-19)22-15-10-9-13-5-1-2-6-14(13)11-15/h1-11H,12H2. The first-order chi connectivity index (χ1) is 11.8. The molecule has 4 aromatic rings. The molecule has 0 fully saturated rings. The molecule has 0 aliphatic heterocycles. The van der Waals surface area contributed by atoms with Crippen LogP contribution in [0, 0.1) is 0 Å². The molecule has 0 amide bonds. The van der Waals surface area contributed by atoms with Gasteiger partial charge in [-0.2, -0.15) is 0 Å². The van der Waals surface area contributed by atoms with Crippen LogP contribution in [-0.2, 0) is 4.79 Å². The lowest BCUT2D eigenvalue weighted by atomic mass is 10.1. The highest BCUT2D eigenvalue weighted by Crippen LogP contribution is 2.24. The zero-order chi connectivity index (χ0) is 16.4. The molecule has 0 unspecified atom stereocenters. The number of carbonyl (C=O) groups excluding carboxylic acids is 1. The topological polar surface area (TPSA) is 52.3 Å². The van der Waals surface area contributed by atoms with Gasteiger partial charge in [-0.3, -0.25) is 4.79 Å². The first-order valence-electron chi connectivity index (χ1n) is 7.46. The van der Waals surface area contributed by atoms with Crippen LogP contribution in [0.25, 0.3) is 21.9 Å². The molecule has 0 aliphatic carbocycles. The minimum Gasteiger partial charge on any atom is -0.431 e. The Labute approximate surface area is 142 Å². The van der Waals surface area contributed by atoms with Gasteiger partial charge in [-0.1, -0.05) is 54.2 Å². The van der Waals surface area contributed by atoms with Crippen molar-refractivity contribution in [1.82, 2.24) is 4.98 Å². The van der Waals surface area contributed by atoms with Gasteiger partial charge in [0.2, 0.25) is 0 Å². The maximum Gasteiger partial charge on any atom is 0.321 e.